The van der Waals surface area contributed by atoms with Crippen molar-refractivity contribution in [3.05, 3.63) is 24.3 Å². The van der Waals surface area contributed by atoms with Crippen LogP contribution in [0.2, 0.25) is 0 Å². The number of aliphatic carboxylic acids is 1. The Labute approximate surface area is 107 Å². The highest BCUT2D eigenvalue weighted by Gasteiger charge is 2.19. The van der Waals surface area contributed by atoms with Gasteiger partial charge in [0, 0.05) is 13.6 Å². The first kappa shape index (κ1) is 14.3. The molecule has 1 rings (SSSR count). The van der Waals surface area contributed by atoms with Crippen LogP contribution in [0.4, 0.5) is 5.69 Å². The molecule has 0 aromatic heterocycles. The number of ether oxygens (including phenoxy) is 1. The van der Waals surface area contributed by atoms with E-state index in [9.17, 15) is 4.79 Å². The number of rotatable bonds is 7. The van der Waals surface area contributed by atoms with E-state index in [-0.39, 0.29) is 0 Å². The molecule has 0 bridgehead atoms. The van der Waals surface area contributed by atoms with Crippen molar-refractivity contribution >= 4 is 11.7 Å². The van der Waals surface area contributed by atoms with Crippen LogP contribution in [-0.4, -0.2) is 44.4 Å². The third kappa shape index (κ3) is 3.63. The number of likely N-dealkylation sites (N-methyl/N-ethyl adjacent to an activating group) is 2. The molecule has 1 aromatic carbocycles. The molecule has 1 unspecified atom stereocenters. The first-order valence-corrected chi connectivity index (χ1v) is 5.90. The summed E-state index contributed by atoms with van der Waals surface area (Å²) < 4.78 is 5.26. The summed E-state index contributed by atoms with van der Waals surface area (Å²) >= 11 is 0. The molecular weight excluding hydrogens is 232 g/mol. The Morgan fingerprint density at radius 2 is 2.17 bits per heavy atom. The van der Waals surface area contributed by atoms with Gasteiger partial charge >= 0.3 is 5.97 Å². The second-order valence-corrected chi connectivity index (χ2v) is 4.00. The average Bonchev–Trinajstić information content (AvgIpc) is 2.37. The van der Waals surface area contributed by atoms with Gasteiger partial charge in [-0.1, -0.05) is 19.1 Å². The van der Waals surface area contributed by atoms with Crippen LogP contribution in [0, 0.1) is 0 Å². The SMILES string of the molecule is CCNC(CN(C)c1ccccc1OC)C(=O)O. The summed E-state index contributed by atoms with van der Waals surface area (Å²) in [5.41, 5.74) is 0.879. The Balaban J connectivity index is 2.79. The fourth-order valence-corrected chi connectivity index (χ4v) is 1.79. The van der Waals surface area contributed by atoms with Crippen LogP contribution in [0.5, 0.6) is 5.75 Å². The molecule has 18 heavy (non-hydrogen) atoms. The Hall–Kier alpha value is -1.75. The highest BCUT2D eigenvalue weighted by molar-refractivity contribution is 5.74. The van der Waals surface area contributed by atoms with Crippen molar-refractivity contribution in [3.63, 3.8) is 0 Å². The summed E-state index contributed by atoms with van der Waals surface area (Å²) in [4.78, 5) is 13.0. The molecular formula is C13H20N2O3. The lowest BCUT2D eigenvalue weighted by Gasteiger charge is -2.25. The van der Waals surface area contributed by atoms with Gasteiger partial charge in [-0.25, -0.2) is 0 Å². The van der Waals surface area contributed by atoms with Gasteiger partial charge in [0.15, 0.2) is 0 Å². The number of methoxy groups -OCH3 is 1. The topological polar surface area (TPSA) is 61.8 Å². The summed E-state index contributed by atoms with van der Waals surface area (Å²) in [5.74, 6) is -0.112. The van der Waals surface area contributed by atoms with Gasteiger partial charge in [0.2, 0.25) is 0 Å². The third-order valence-electron chi connectivity index (χ3n) is 2.70. The maximum atomic E-state index is 11.1. The molecule has 5 heteroatoms. The van der Waals surface area contributed by atoms with Crippen LogP contribution < -0.4 is 15.0 Å². The van der Waals surface area contributed by atoms with E-state index in [0.29, 0.717) is 13.1 Å². The zero-order chi connectivity index (χ0) is 13.5. The summed E-state index contributed by atoms with van der Waals surface area (Å²) in [6.07, 6.45) is 0. The molecule has 0 saturated heterocycles. The van der Waals surface area contributed by atoms with E-state index in [1.54, 1.807) is 7.11 Å². The van der Waals surface area contributed by atoms with Crippen LogP contribution in [0.3, 0.4) is 0 Å². The first-order chi connectivity index (χ1) is 8.60. The molecule has 0 aliphatic heterocycles. The lowest BCUT2D eigenvalue weighted by molar-refractivity contribution is -0.139. The molecule has 5 nitrogen and oxygen atoms in total. The smallest absolute Gasteiger partial charge is 0.322 e. The van der Waals surface area contributed by atoms with Crippen LogP contribution >= 0.6 is 0 Å². The minimum absolute atomic E-state index is 0.379. The first-order valence-electron chi connectivity index (χ1n) is 5.90. The number of hydrogen-bond acceptors (Lipinski definition) is 4. The number of hydrogen-bond donors (Lipinski definition) is 2. The quantitative estimate of drug-likeness (QED) is 0.763. The van der Waals surface area contributed by atoms with E-state index in [0.717, 1.165) is 11.4 Å². The van der Waals surface area contributed by atoms with Gasteiger partial charge in [0.25, 0.3) is 0 Å². The van der Waals surface area contributed by atoms with Gasteiger partial charge in [0.05, 0.1) is 12.8 Å². The van der Waals surface area contributed by atoms with Gasteiger partial charge in [0.1, 0.15) is 11.8 Å². The number of carbonyl (C=O) groups is 1. The van der Waals surface area contributed by atoms with Crippen LogP contribution in [0.15, 0.2) is 24.3 Å². The average molecular weight is 252 g/mol. The van der Waals surface area contributed by atoms with E-state index in [4.69, 9.17) is 9.84 Å². The Bertz CT molecular complexity index is 396. The minimum Gasteiger partial charge on any atom is -0.495 e. The number of para-hydroxylation sites is 2. The van der Waals surface area contributed by atoms with Crippen LogP contribution in [-0.2, 0) is 4.79 Å². The van der Waals surface area contributed by atoms with Gasteiger partial charge < -0.3 is 20.1 Å². The van der Waals surface area contributed by atoms with E-state index in [1.165, 1.54) is 0 Å². The summed E-state index contributed by atoms with van der Waals surface area (Å²) in [7, 11) is 3.46. The number of carboxylic acid groups (broad SMARTS) is 1. The van der Waals surface area contributed by atoms with E-state index in [2.05, 4.69) is 5.32 Å². The number of carboxylic acids is 1. The molecule has 100 valence electrons. The molecule has 0 spiro atoms. The highest BCUT2D eigenvalue weighted by atomic mass is 16.5. The van der Waals surface area contributed by atoms with Crippen LogP contribution in [0.1, 0.15) is 6.92 Å². The van der Waals surface area contributed by atoms with Crippen molar-refractivity contribution < 1.29 is 14.6 Å². The molecule has 0 radical (unpaired) electrons. The third-order valence-corrected chi connectivity index (χ3v) is 2.70. The lowest BCUT2D eigenvalue weighted by Crippen LogP contribution is -2.45. The number of anilines is 1. The Morgan fingerprint density at radius 3 is 2.72 bits per heavy atom. The summed E-state index contributed by atoms with van der Waals surface area (Å²) in [6.45, 7) is 2.89. The predicted octanol–water partition coefficient (Wildman–Crippen LogP) is 1.19. The molecule has 0 amide bonds. The van der Waals surface area contributed by atoms with Crippen molar-refractivity contribution in [2.75, 3.05) is 32.1 Å². The van der Waals surface area contributed by atoms with Gasteiger partial charge in [-0.3, -0.25) is 4.79 Å². The van der Waals surface area contributed by atoms with Crippen molar-refractivity contribution in [1.29, 1.82) is 0 Å². The Kier molecular flexibility index (Phi) is 5.45. The van der Waals surface area contributed by atoms with E-state index >= 15 is 0 Å². The maximum Gasteiger partial charge on any atom is 0.322 e. The molecule has 0 fully saturated rings. The molecule has 0 saturated carbocycles. The molecule has 2 N–H and O–H groups in total. The maximum absolute atomic E-state index is 11.1. The normalized spacial score (nSPS) is 11.9. The standard InChI is InChI=1S/C13H20N2O3/c1-4-14-10(13(16)17)9-15(2)11-7-5-6-8-12(11)18-3/h5-8,10,14H,4,9H2,1-3H3,(H,16,17). The largest absolute Gasteiger partial charge is 0.495 e. The zero-order valence-electron chi connectivity index (χ0n) is 11.0. The summed E-state index contributed by atoms with van der Waals surface area (Å²) in [6, 6.07) is 6.95. The molecule has 0 heterocycles. The second-order valence-electron chi connectivity index (χ2n) is 4.00. The van der Waals surface area contributed by atoms with Gasteiger partial charge in [-0.2, -0.15) is 0 Å². The van der Waals surface area contributed by atoms with Crippen molar-refractivity contribution in [2.45, 2.75) is 13.0 Å². The number of benzene rings is 1. The Morgan fingerprint density at radius 1 is 1.50 bits per heavy atom. The van der Waals surface area contributed by atoms with E-state index < -0.39 is 12.0 Å². The lowest BCUT2D eigenvalue weighted by atomic mass is 10.2. The van der Waals surface area contributed by atoms with Crippen molar-refractivity contribution in [3.8, 4) is 5.75 Å². The van der Waals surface area contributed by atoms with Gasteiger partial charge in [-0.15, -0.1) is 0 Å². The zero-order valence-corrected chi connectivity index (χ0v) is 11.0. The predicted molar refractivity (Wildman–Crippen MR) is 71.4 cm³/mol. The van der Waals surface area contributed by atoms with Crippen molar-refractivity contribution in [2.24, 2.45) is 0 Å². The fraction of sp³-hybridized carbons (Fsp3) is 0.462. The summed E-state index contributed by atoms with van der Waals surface area (Å²) in [5, 5.41) is 12.0. The molecule has 0 aliphatic rings. The van der Waals surface area contributed by atoms with Gasteiger partial charge in [-0.05, 0) is 18.7 Å². The highest BCUT2D eigenvalue weighted by Crippen LogP contribution is 2.26. The van der Waals surface area contributed by atoms with E-state index in [1.807, 2.05) is 43.1 Å². The van der Waals surface area contributed by atoms with Crippen molar-refractivity contribution in [1.82, 2.24) is 5.32 Å². The van der Waals surface area contributed by atoms with Crippen LogP contribution in [0.25, 0.3) is 0 Å². The number of nitrogens with zero attached hydrogens (tertiary/aromatic N) is 1. The second kappa shape index (κ2) is 6.86. The minimum atomic E-state index is -0.849. The molecule has 1 atom stereocenters. The fourth-order valence-electron chi connectivity index (χ4n) is 1.79. The molecule has 0 aliphatic carbocycles. The number of nitrogens with one attached hydrogen (secondary N) is 1. The molecule has 1 aromatic rings. The monoisotopic (exact) mass is 252 g/mol.